The molecule has 2 unspecified atom stereocenters. The minimum absolute atomic E-state index is 0.187. The Kier molecular flexibility index (Phi) is 3.90. The lowest BCUT2D eigenvalue weighted by Crippen LogP contribution is -2.39. The zero-order valence-corrected chi connectivity index (χ0v) is 14.2. The highest BCUT2D eigenvalue weighted by Gasteiger charge is 2.20. The molecule has 0 saturated heterocycles. The van der Waals surface area contributed by atoms with Crippen molar-refractivity contribution in [2.24, 2.45) is 0 Å². The molecule has 26 heavy (non-hydrogen) atoms. The molecule has 134 valence electrons. The molecule has 0 aromatic carbocycles. The molecule has 0 fully saturated rings. The number of nitrogens with one attached hydrogen (secondary N) is 2. The maximum atomic E-state index is 13.7. The first kappa shape index (κ1) is 16.2. The largest absolute Gasteiger partial charge is 0.475 e. The molecular formula is C17H17FN6O2. The lowest BCUT2D eigenvalue weighted by Gasteiger charge is -2.19. The SMILES string of the molecule is CC1COc2ncc(F)cc2C(C)Nc2ccc3ncn(c3n2)C(=O)N1. The molecule has 1 amide bonds. The van der Waals surface area contributed by atoms with Gasteiger partial charge in [-0.1, -0.05) is 0 Å². The van der Waals surface area contributed by atoms with Crippen LogP contribution in [0.15, 0.2) is 30.7 Å². The molecule has 1 aliphatic heterocycles. The zero-order valence-electron chi connectivity index (χ0n) is 14.2. The van der Waals surface area contributed by atoms with Crippen molar-refractivity contribution in [2.45, 2.75) is 25.9 Å². The molecule has 1 aliphatic rings. The predicted molar refractivity (Wildman–Crippen MR) is 92.6 cm³/mol. The first-order chi connectivity index (χ1) is 12.5. The minimum Gasteiger partial charge on any atom is -0.475 e. The van der Waals surface area contributed by atoms with E-state index in [9.17, 15) is 9.18 Å². The van der Waals surface area contributed by atoms with Crippen LogP contribution in [0.2, 0.25) is 0 Å². The molecule has 0 radical (unpaired) electrons. The zero-order chi connectivity index (χ0) is 18.3. The third-order valence-corrected chi connectivity index (χ3v) is 4.13. The number of halogens is 1. The quantitative estimate of drug-likeness (QED) is 0.643. The molecule has 2 bridgehead atoms. The smallest absolute Gasteiger partial charge is 0.328 e. The summed E-state index contributed by atoms with van der Waals surface area (Å²) < 4.78 is 20.8. The van der Waals surface area contributed by atoms with Gasteiger partial charge in [-0.25, -0.2) is 28.7 Å². The van der Waals surface area contributed by atoms with Crippen LogP contribution in [0, 0.1) is 5.82 Å². The van der Waals surface area contributed by atoms with Gasteiger partial charge in [0.1, 0.15) is 30.1 Å². The number of imidazole rings is 1. The van der Waals surface area contributed by atoms with Gasteiger partial charge >= 0.3 is 6.03 Å². The minimum atomic E-state index is -0.451. The lowest BCUT2D eigenvalue weighted by molar-refractivity contribution is 0.226. The summed E-state index contributed by atoms with van der Waals surface area (Å²) in [6, 6.07) is 3.94. The number of pyridine rings is 2. The number of hydrogen-bond acceptors (Lipinski definition) is 6. The van der Waals surface area contributed by atoms with Crippen molar-refractivity contribution in [3.63, 3.8) is 0 Å². The van der Waals surface area contributed by atoms with E-state index in [1.807, 2.05) is 6.92 Å². The number of ether oxygens (including phenoxy) is 1. The second kappa shape index (κ2) is 6.25. The number of carbonyl (C=O) groups is 1. The molecule has 8 nitrogen and oxygen atoms in total. The molecule has 3 aromatic rings. The summed E-state index contributed by atoms with van der Waals surface area (Å²) in [5, 5.41) is 6.02. The van der Waals surface area contributed by atoms with Gasteiger partial charge in [0.15, 0.2) is 5.65 Å². The highest BCUT2D eigenvalue weighted by atomic mass is 19.1. The summed E-state index contributed by atoms with van der Waals surface area (Å²) in [4.78, 5) is 25.2. The van der Waals surface area contributed by atoms with Crippen molar-refractivity contribution in [3.8, 4) is 5.88 Å². The molecular weight excluding hydrogens is 339 g/mol. The summed E-state index contributed by atoms with van der Waals surface area (Å²) in [5.74, 6) is 0.393. The molecule has 2 N–H and O–H groups in total. The third-order valence-electron chi connectivity index (χ3n) is 4.13. The number of amides is 1. The fraction of sp³-hybridized carbons (Fsp3) is 0.294. The topological polar surface area (TPSA) is 94.0 Å². The second-order valence-corrected chi connectivity index (χ2v) is 6.23. The van der Waals surface area contributed by atoms with Gasteiger partial charge in [-0.2, -0.15) is 0 Å². The van der Waals surface area contributed by atoms with Crippen LogP contribution in [-0.2, 0) is 0 Å². The Balaban J connectivity index is 1.82. The van der Waals surface area contributed by atoms with E-state index in [-0.39, 0.29) is 24.7 Å². The van der Waals surface area contributed by atoms with Gasteiger partial charge in [-0.3, -0.25) is 0 Å². The molecule has 0 aliphatic carbocycles. The molecule has 3 aromatic heterocycles. The second-order valence-electron chi connectivity index (χ2n) is 6.23. The van der Waals surface area contributed by atoms with Crippen LogP contribution in [0.4, 0.5) is 15.0 Å². The molecule has 0 spiro atoms. The highest BCUT2D eigenvalue weighted by molar-refractivity contribution is 5.87. The number of anilines is 1. The first-order valence-electron chi connectivity index (χ1n) is 8.21. The van der Waals surface area contributed by atoms with E-state index < -0.39 is 5.82 Å². The normalized spacial score (nSPS) is 20.2. The third kappa shape index (κ3) is 2.92. The van der Waals surface area contributed by atoms with Gasteiger partial charge in [-0.15, -0.1) is 0 Å². The van der Waals surface area contributed by atoms with Crippen molar-refractivity contribution in [1.29, 1.82) is 0 Å². The van der Waals surface area contributed by atoms with E-state index in [0.717, 1.165) is 6.20 Å². The van der Waals surface area contributed by atoms with E-state index in [1.54, 1.807) is 19.1 Å². The van der Waals surface area contributed by atoms with Crippen molar-refractivity contribution in [2.75, 3.05) is 11.9 Å². The standard InChI is InChI=1S/C17H17FN6O2/c1-9-7-26-16-12(5-11(18)6-19-16)10(2)22-14-4-3-13-15(23-14)24(8-20-13)17(25)21-9/h3-6,8-10H,7H2,1-2H3,(H,21,25)(H,22,23). The van der Waals surface area contributed by atoms with Crippen LogP contribution < -0.4 is 15.4 Å². The number of aromatic nitrogens is 4. The van der Waals surface area contributed by atoms with Crippen LogP contribution >= 0.6 is 0 Å². The van der Waals surface area contributed by atoms with Crippen molar-refractivity contribution >= 4 is 23.0 Å². The Morgan fingerprint density at radius 1 is 1.27 bits per heavy atom. The van der Waals surface area contributed by atoms with Gasteiger partial charge in [0.2, 0.25) is 5.88 Å². The predicted octanol–water partition coefficient (Wildman–Crippen LogP) is 2.48. The number of rotatable bonds is 0. The van der Waals surface area contributed by atoms with Crippen LogP contribution in [0.25, 0.3) is 11.2 Å². The van der Waals surface area contributed by atoms with Gasteiger partial charge in [0, 0.05) is 5.56 Å². The van der Waals surface area contributed by atoms with Gasteiger partial charge < -0.3 is 15.4 Å². The summed E-state index contributed by atoms with van der Waals surface area (Å²) in [5.41, 5.74) is 1.60. The molecule has 2 atom stereocenters. The number of fused-ring (bicyclic) bond motifs is 2. The van der Waals surface area contributed by atoms with E-state index in [1.165, 1.54) is 17.0 Å². The maximum absolute atomic E-state index is 13.7. The fourth-order valence-electron chi connectivity index (χ4n) is 2.82. The maximum Gasteiger partial charge on any atom is 0.328 e. The Bertz CT molecular complexity index is 989. The molecule has 4 heterocycles. The average molecular weight is 356 g/mol. The summed E-state index contributed by atoms with van der Waals surface area (Å²) in [7, 11) is 0. The van der Waals surface area contributed by atoms with Gasteiger partial charge in [0.05, 0.1) is 18.3 Å². The summed E-state index contributed by atoms with van der Waals surface area (Å²) in [6.07, 6.45) is 2.54. The summed E-state index contributed by atoms with van der Waals surface area (Å²) >= 11 is 0. The van der Waals surface area contributed by atoms with Crippen LogP contribution in [0.1, 0.15) is 25.5 Å². The Morgan fingerprint density at radius 3 is 2.96 bits per heavy atom. The van der Waals surface area contributed by atoms with Crippen molar-refractivity contribution in [1.82, 2.24) is 24.8 Å². The van der Waals surface area contributed by atoms with Gasteiger partial charge in [0.25, 0.3) is 0 Å². The van der Waals surface area contributed by atoms with Crippen molar-refractivity contribution in [3.05, 3.63) is 42.1 Å². The molecule has 9 heteroatoms. The van der Waals surface area contributed by atoms with E-state index in [2.05, 4.69) is 25.6 Å². The van der Waals surface area contributed by atoms with Crippen molar-refractivity contribution < 1.29 is 13.9 Å². The summed E-state index contributed by atoms with van der Waals surface area (Å²) in [6.45, 7) is 3.85. The number of nitrogens with zero attached hydrogens (tertiary/aromatic N) is 4. The fourth-order valence-corrected chi connectivity index (χ4v) is 2.82. The Morgan fingerprint density at radius 2 is 2.12 bits per heavy atom. The van der Waals surface area contributed by atoms with E-state index in [0.29, 0.717) is 28.4 Å². The Hall–Kier alpha value is -3.23. The first-order valence-corrected chi connectivity index (χ1v) is 8.21. The molecule has 4 rings (SSSR count). The van der Waals surface area contributed by atoms with Crippen LogP contribution in [-0.4, -0.2) is 38.2 Å². The lowest BCUT2D eigenvalue weighted by atomic mass is 10.1. The average Bonchev–Trinajstić information content (AvgIpc) is 3.03. The monoisotopic (exact) mass is 356 g/mol. The van der Waals surface area contributed by atoms with Gasteiger partial charge in [-0.05, 0) is 32.0 Å². The molecule has 0 saturated carbocycles. The van der Waals surface area contributed by atoms with E-state index >= 15 is 0 Å². The highest BCUT2D eigenvalue weighted by Crippen LogP contribution is 2.27. The van der Waals surface area contributed by atoms with Crippen LogP contribution in [0.3, 0.4) is 0 Å². The number of hydrogen-bond donors (Lipinski definition) is 2. The van der Waals surface area contributed by atoms with E-state index in [4.69, 9.17) is 4.74 Å². The Labute approximate surface area is 148 Å². The van der Waals surface area contributed by atoms with Crippen LogP contribution in [0.5, 0.6) is 5.88 Å². The number of carbonyl (C=O) groups excluding carboxylic acids is 1.